The molecule has 5 atom stereocenters. The number of primary amides is 2. The molecule has 0 heterocycles. The van der Waals surface area contributed by atoms with Crippen molar-refractivity contribution in [1.29, 1.82) is 0 Å². The number of amides is 3. The summed E-state index contributed by atoms with van der Waals surface area (Å²) in [5.74, 6) is -1.59. The second-order valence-corrected chi connectivity index (χ2v) is 13.3. The van der Waals surface area contributed by atoms with Crippen LogP contribution < -0.4 is 16.8 Å². The van der Waals surface area contributed by atoms with E-state index < -0.39 is 34.9 Å². The van der Waals surface area contributed by atoms with Crippen molar-refractivity contribution < 1.29 is 23.5 Å². The van der Waals surface area contributed by atoms with E-state index in [1.165, 1.54) is 50.1 Å². The number of rotatable bonds is 9. The Morgan fingerprint density at radius 2 is 1.93 bits per heavy atom. The van der Waals surface area contributed by atoms with Crippen LogP contribution in [-0.2, 0) is 14.3 Å². The number of carbonyl (C=O) groups excluding carboxylic acids is 3. The number of hydrogen-bond donors (Lipinski definition) is 3. The van der Waals surface area contributed by atoms with Gasteiger partial charge in [-0.25, -0.2) is 4.39 Å². The van der Waals surface area contributed by atoms with Crippen molar-refractivity contribution in [3.05, 3.63) is 64.7 Å². The quantitative estimate of drug-likeness (QED) is 0.380. The van der Waals surface area contributed by atoms with E-state index in [1.54, 1.807) is 12.2 Å². The molecule has 4 saturated carbocycles. The lowest BCUT2D eigenvalue weighted by molar-refractivity contribution is -0.138. The van der Waals surface area contributed by atoms with Gasteiger partial charge in [0.25, 0.3) is 0 Å². The Balaban J connectivity index is 1.40. The van der Waals surface area contributed by atoms with Crippen molar-refractivity contribution in [2.24, 2.45) is 51.9 Å². The third-order valence-corrected chi connectivity index (χ3v) is 10.7. The Kier molecular flexibility index (Phi) is 6.86. The van der Waals surface area contributed by atoms with Crippen LogP contribution in [0.4, 0.5) is 4.39 Å². The van der Waals surface area contributed by atoms with Crippen molar-refractivity contribution in [3.63, 3.8) is 0 Å². The fraction of sp³-hybridized carbons (Fsp3) is 0.545. The minimum atomic E-state index is -1.35. The van der Waals surface area contributed by atoms with Gasteiger partial charge >= 0.3 is 0 Å². The fourth-order valence-corrected chi connectivity index (χ4v) is 8.18. The topological polar surface area (TPSA) is 125 Å². The molecule has 41 heavy (non-hydrogen) atoms. The zero-order valence-electron chi connectivity index (χ0n) is 23.9. The second-order valence-electron chi connectivity index (χ2n) is 13.3. The van der Waals surface area contributed by atoms with Gasteiger partial charge in [0, 0.05) is 23.6 Å². The lowest BCUT2D eigenvalue weighted by Crippen LogP contribution is -2.54. The summed E-state index contributed by atoms with van der Waals surface area (Å²) in [5.41, 5.74) is 12.8. The van der Waals surface area contributed by atoms with Gasteiger partial charge in [-0.2, -0.15) is 0 Å². The molecular weight excluding hydrogens is 521 g/mol. The zero-order chi connectivity index (χ0) is 29.1. The molecule has 0 aromatic heterocycles. The number of halogens is 1. The summed E-state index contributed by atoms with van der Waals surface area (Å²) in [4.78, 5) is 39.7. The number of carbonyl (C=O) groups is 3. The van der Waals surface area contributed by atoms with Crippen LogP contribution in [0.1, 0.15) is 74.2 Å². The highest BCUT2D eigenvalue weighted by atomic mass is 19.1. The molecule has 0 aliphatic heterocycles. The highest BCUT2D eigenvalue weighted by molar-refractivity contribution is 5.95. The Morgan fingerprint density at radius 1 is 1.17 bits per heavy atom. The first kappa shape index (κ1) is 27.7. The van der Waals surface area contributed by atoms with E-state index in [-0.39, 0.29) is 40.7 Å². The van der Waals surface area contributed by atoms with Gasteiger partial charge in [-0.3, -0.25) is 14.4 Å². The summed E-state index contributed by atoms with van der Waals surface area (Å²) in [7, 11) is 1.51. The van der Waals surface area contributed by atoms with Gasteiger partial charge in [-0.1, -0.05) is 31.1 Å². The van der Waals surface area contributed by atoms with Crippen LogP contribution in [0, 0.1) is 46.2 Å². The van der Waals surface area contributed by atoms with Gasteiger partial charge in [-0.15, -0.1) is 0 Å². The molecular formula is C33H40FN3O4. The summed E-state index contributed by atoms with van der Waals surface area (Å²) in [5, 5.41) is 3.27. The molecule has 0 saturated heterocycles. The Hall–Kier alpha value is -3.42. The van der Waals surface area contributed by atoms with E-state index in [0.717, 1.165) is 25.7 Å². The standard InChI is InChI=1S/C33H40FN3O4/c1-32(10-3-11-32)17-37-30(39)27-24-15-22(13-21(24)12-18-4-5-18)28(27)33(31(36)40)16-20(7-9-26(33)41-2)23-14-19(29(35)38)6-8-25(23)34/h6-9,12,14,18,22,24,27-28H,3-5,10-11,13,15-17H2,1-2H3,(H2,35,38)(H2,36,40)(H,37,39)/b21-12-/t22-,24-,27-,28+,33?/m0/s1. The van der Waals surface area contributed by atoms with Crippen LogP contribution in [-0.4, -0.2) is 31.4 Å². The van der Waals surface area contributed by atoms with Crippen LogP contribution in [0.3, 0.4) is 0 Å². The van der Waals surface area contributed by atoms with Gasteiger partial charge < -0.3 is 21.5 Å². The zero-order valence-corrected chi connectivity index (χ0v) is 23.9. The van der Waals surface area contributed by atoms with Crippen molar-refractivity contribution in [1.82, 2.24) is 5.32 Å². The summed E-state index contributed by atoms with van der Waals surface area (Å²) < 4.78 is 21.0. The van der Waals surface area contributed by atoms with Crippen LogP contribution in [0.25, 0.3) is 5.57 Å². The van der Waals surface area contributed by atoms with E-state index >= 15 is 4.39 Å². The van der Waals surface area contributed by atoms with Crippen LogP contribution in [0.15, 0.2) is 47.8 Å². The van der Waals surface area contributed by atoms with Gasteiger partial charge in [0.15, 0.2) is 0 Å². The summed E-state index contributed by atoms with van der Waals surface area (Å²) in [6.45, 7) is 2.82. The minimum Gasteiger partial charge on any atom is -0.500 e. The number of fused-ring (bicyclic) bond motifs is 2. The highest BCUT2D eigenvalue weighted by Crippen LogP contribution is 2.65. The van der Waals surface area contributed by atoms with E-state index in [9.17, 15) is 14.4 Å². The monoisotopic (exact) mass is 561 g/mol. The molecule has 8 heteroatoms. The minimum absolute atomic E-state index is 0.0360. The molecule has 2 bridgehead atoms. The third-order valence-electron chi connectivity index (χ3n) is 10.7. The molecule has 1 aromatic carbocycles. The molecule has 1 unspecified atom stereocenters. The molecule has 5 N–H and O–H groups in total. The lowest BCUT2D eigenvalue weighted by Gasteiger charge is -2.47. The molecule has 0 spiro atoms. The lowest BCUT2D eigenvalue weighted by atomic mass is 9.57. The maximum atomic E-state index is 15.2. The van der Waals surface area contributed by atoms with Gasteiger partial charge in [0.05, 0.1) is 7.11 Å². The van der Waals surface area contributed by atoms with Crippen LogP contribution in [0.2, 0.25) is 0 Å². The Bertz CT molecular complexity index is 1390. The van der Waals surface area contributed by atoms with Crippen LogP contribution in [0.5, 0.6) is 0 Å². The first-order chi connectivity index (χ1) is 19.6. The molecule has 218 valence electrons. The predicted molar refractivity (Wildman–Crippen MR) is 153 cm³/mol. The first-order valence-electron chi connectivity index (χ1n) is 14.9. The number of nitrogens with two attached hydrogens (primary N) is 2. The Labute approximate surface area is 240 Å². The van der Waals surface area contributed by atoms with Crippen molar-refractivity contribution in [2.75, 3.05) is 13.7 Å². The molecule has 0 radical (unpaired) electrons. The van der Waals surface area contributed by atoms with Crippen molar-refractivity contribution in [3.8, 4) is 0 Å². The SMILES string of the molecule is COC1=CC=C(c2cc(C(N)=O)ccc2F)CC1(C(N)=O)[C@@H]1[C@H]2C/C(=C/C3CC3)[C@H](C2)[C@@H]1C(=O)NCC1(C)CCC1. The average molecular weight is 562 g/mol. The predicted octanol–water partition coefficient (Wildman–Crippen LogP) is 4.63. The number of hydrogen-bond acceptors (Lipinski definition) is 4. The number of nitrogens with one attached hydrogen (secondary N) is 1. The number of ether oxygens (including phenoxy) is 1. The van der Waals surface area contributed by atoms with Gasteiger partial charge in [-0.05, 0) is 104 Å². The summed E-state index contributed by atoms with van der Waals surface area (Å²) in [6.07, 6.45) is 13.2. The number of allylic oxidation sites excluding steroid dienone is 5. The summed E-state index contributed by atoms with van der Waals surface area (Å²) >= 11 is 0. The number of methoxy groups -OCH3 is 1. The molecule has 6 rings (SSSR count). The first-order valence-corrected chi connectivity index (χ1v) is 14.9. The van der Waals surface area contributed by atoms with E-state index in [4.69, 9.17) is 16.2 Å². The molecule has 1 aromatic rings. The summed E-state index contributed by atoms with van der Waals surface area (Å²) in [6, 6.07) is 3.97. The maximum absolute atomic E-state index is 15.2. The molecule has 7 nitrogen and oxygen atoms in total. The second kappa shape index (κ2) is 10.1. The largest absolute Gasteiger partial charge is 0.500 e. The van der Waals surface area contributed by atoms with Crippen molar-refractivity contribution >= 4 is 23.3 Å². The molecule has 5 aliphatic rings. The average Bonchev–Trinajstić information content (AvgIpc) is 3.55. The number of benzene rings is 1. The molecule has 4 fully saturated rings. The van der Waals surface area contributed by atoms with Gasteiger partial charge in [0.2, 0.25) is 17.7 Å². The van der Waals surface area contributed by atoms with Crippen LogP contribution >= 0.6 is 0 Å². The van der Waals surface area contributed by atoms with Crippen molar-refractivity contribution in [2.45, 2.75) is 58.3 Å². The highest BCUT2D eigenvalue weighted by Gasteiger charge is 2.64. The smallest absolute Gasteiger partial charge is 0.248 e. The van der Waals surface area contributed by atoms with Gasteiger partial charge in [0.1, 0.15) is 17.0 Å². The molecule has 3 amide bonds. The maximum Gasteiger partial charge on any atom is 0.248 e. The van der Waals surface area contributed by atoms with E-state index in [0.29, 0.717) is 23.8 Å². The Morgan fingerprint density at radius 3 is 2.54 bits per heavy atom. The van der Waals surface area contributed by atoms with E-state index in [1.807, 2.05) is 0 Å². The fourth-order valence-electron chi connectivity index (χ4n) is 8.18. The normalized spacial score (nSPS) is 32.6. The third kappa shape index (κ3) is 4.69. The van der Waals surface area contributed by atoms with E-state index in [2.05, 4.69) is 18.3 Å². The molecule has 5 aliphatic carbocycles.